The van der Waals surface area contributed by atoms with Gasteiger partial charge < -0.3 is 5.32 Å². The van der Waals surface area contributed by atoms with E-state index in [-0.39, 0.29) is 5.91 Å². The molecule has 0 saturated heterocycles. The van der Waals surface area contributed by atoms with Gasteiger partial charge in [0, 0.05) is 11.0 Å². The lowest BCUT2D eigenvalue weighted by Gasteiger charge is -2.05. The van der Waals surface area contributed by atoms with Gasteiger partial charge in [-0.15, -0.1) is 0 Å². The number of benzene rings is 1. The van der Waals surface area contributed by atoms with Crippen LogP contribution in [0.2, 0.25) is 0 Å². The average molecular weight is 254 g/mol. The summed E-state index contributed by atoms with van der Waals surface area (Å²) in [5, 5.41) is 2.72. The maximum atomic E-state index is 10.9. The third-order valence-electron chi connectivity index (χ3n) is 1.85. The summed E-state index contributed by atoms with van der Waals surface area (Å²) in [6, 6.07) is 6.03. The minimum atomic E-state index is -0.155. The molecule has 1 aromatic carbocycles. The number of hydrogen-bond acceptors (Lipinski definition) is 1. The van der Waals surface area contributed by atoms with Crippen LogP contribution in [0.4, 0.5) is 0 Å². The number of rotatable bonds is 3. The van der Waals surface area contributed by atoms with Crippen molar-refractivity contribution in [3.63, 3.8) is 0 Å². The second-order valence-corrected chi connectivity index (χ2v) is 3.87. The van der Waals surface area contributed by atoms with Gasteiger partial charge in [0.2, 0.25) is 5.91 Å². The third-order valence-corrected chi connectivity index (χ3v) is 2.59. The molecular weight excluding hydrogens is 242 g/mol. The number of aryl methyl sites for hydroxylation is 1. The van der Waals surface area contributed by atoms with Crippen molar-refractivity contribution in [2.45, 2.75) is 13.5 Å². The summed E-state index contributed by atoms with van der Waals surface area (Å²) in [4.78, 5) is 10.9. The van der Waals surface area contributed by atoms with Crippen LogP contribution in [0.15, 0.2) is 35.3 Å². The van der Waals surface area contributed by atoms with E-state index in [9.17, 15) is 4.79 Å². The topological polar surface area (TPSA) is 29.1 Å². The van der Waals surface area contributed by atoms with E-state index in [2.05, 4.69) is 27.8 Å². The first-order chi connectivity index (χ1) is 6.63. The molecular formula is C11H12BrNO. The lowest BCUT2D eigenvalue weighted by molar-refractivity contribution is -0.116. The van der Waals surface area contributed by atoms with E-state index in [1.54, 1.807) is 0 Å². The second-order valence-electron chi connectivity index (χ2n) is 3.02. The highest BCUT2D eigenvalue weighted by Crippen LogP contribution is 2.17. The molecule has 3 heteroatoms. The molecule has 1 rings (SSSR count). The van der Waals surface area contributed by atoms with Crippen LogP contribution < -0.4 is 5.32 Å². The van der Waals surface area contributed by atoms with Crippen molar-refractivity contribution < 1.29 is 4.79 Å². The van der Waals surface area contributed by atoms with Crippen LogP contribution in [-0.2, 0) is 11.3 Å². The highest BCUT2D eigenvalue weighted by Gasteiger charge is 2.00. The fourth-order valence-corrected chi connectivity index (χ4v) is 1.68. The van der Waals surface area contributed by atoms with Gasteiger partial charge in [0.05, 0.1) is 0 Å². The maximum Gasteiger partial charge on any atom is 0.243 e. The van der Waals surface area contributed by atoms with Crippen molar-refractivity contribution in [3.05, 3.63) is 46.5 Å². The van der Waals surface area contributed by atoms with Crippen LogP contribution in [0.1, 0.15) is 11.1 Å². The van der Waals surface area contributed by atoms with E-state index in [0.29, 0.717) is 6.54 Å². The molecule has 2 nitrogen and oxygen atoms in total. The maximum absolute atomic E-state index is 10.9. The Morgan fingerprint density at radius 3 is 2.93 bits per heavy atom. The lowest BCUT2D eigenvalue weighted by Crippen LogP contribution is -2.20. The monoisotopic (exact) mass is 253 g/mol. The van der Waals surface area contributed by atoms with Gasteiger partial charge >= 0.3 is 0 Å². The highest BCUT2D eigenvalue weighted by atomic mass is 79.9. The molecule has 0 heterocycles. The number of nitrogens with one attached hydrogen (secondary N) is 1. The summed E-state index contributed by atoms with van der Waals surface area (Å²) in [5.41, 5.74) is 2.25. The number of hydrogen-bond donors (Lipinski definition) is 1. The fourth-order valence-electron chi connectivity index (χ4n) is 1.05. The molecule has 0 saturated carbocycles. The van der Waals surface area contributed by atoms with Crippen molar-refractivity contribution in [1.82, 2.24) is 5.32 Å². The van der Waals surface area contributed by atoms with Crippen LogP contribution in [0.3, 0.4) is 0 Å². The Bertz CT molecular complexity index is 360. The van der Waals surface area contributed by atoms with E-state index in [4.69, 9.17) is 0 Å². The van der Waals surface area contributed by atoms with E-state index in [1.807, 2.05) is 25.1 Å². The van der Waals surface area contributed by atoms with Crippen molar-refractivity contribution in [3.8, 4) is 0 Å². The Morgan fingerprint density at radius 1 is 1.64 bits per heavy atom. The zero-order valence-corrected chi connectivity index (χ0v) is 9.60. The number of halogens is 1. The molecule has 0 aliphatic rings. The van der Waals surface area contributed by atoms with E-state index in [1.165, 1.54) is 11.6 Å². The molecule has 14 heavy (non-hydrogen) atoms. The number of carbonyl (C=O) groups excluding carboxylic acids is 1. The van der Waals surface area contributed by atoms with Gasteiger partial charge in [0.25, 0.3) is 0 Å². The summed E-state index contributed by atoms with van der Waals surface area (Å²) in [6.07, 6.45) is 1.27. The Morgan fingerprint density at radius 2 is 2.36 bits per heavy atom. The molecule has 1 N–H and O–H groups in total. The quantitative estimate of drug-likeness (QED) is 0.825. The highest BCUT2D eigenvalue weighted by molar-refractivity contribution is 9.10. The molecule has 0 fully saturated rings. The summed E-state index contributed by atoms with van der Waals surface area (Å²) in [6.45, 7) is 5.93. The molecule has 1 amide bonds. The number of carbonyl (C=O) groups is 1. The number of amides is 1. The second kappa shape index (κ2) is 4.96. The van der Waals surface area contributed by atoms with Crippen LogP contribution >= 0.6 is 15.9 Å². The Kier molecular flexibility index (Phi) is 3.89. The molecule has 0 atom stereocenters. The largest absolute Gasteiger partial charge is 0.348 e. The van der Waals surface area contributed by atoms with E-state index in [0.717, 1.165) is 10.0 Å². The molecule has 74 valence electrons. The van der Waals surface area contributed by atoms with E-state index < -0.39 is 0 Å². The molecule has 0 radical (unpaired) electrons. The minimum absolute atomic E-state index is 0.155. The Balaban J connectivity index is 2.68. The van der Waals surface area contributed by atoms with Gasteiger partial charge in [-0.25, -0.2) is 0 Å². The first kappa shape index (κ1) is 11.0. The fraction of sp³-hybridized carbons (Fsp3) is 0.182. The summed E-state index contributed by atoms with van der Waals surface area (Å²) < 4.78 is 1.02. The van der Waals surface area contributed by atoms with Crippen LogP contribution in [-0.4, -0.2) is 5.91 Å². The Hall–Kier alpha value is -1.09. The van der Waals surface area contributed by atoms with Gasteiger partial charge in [-0.3, -0.25) is 4.79 Å². The van der Waals surface area contributed by atoms with Crippen molar-refractivity contribution >= 4 is 21.8 Å². The van der Waals surface area contributed by atoms with Gasteiger partial charge in [0.15, 0.2) is 0 Å². The van der Waals surface area contributed by atoms with Crippen LogP contribution in [0.5, 0.6) is 0 Å². The molecule has 1 aromatic rings. The molecule has 0 aliphatic carbocycles. The van der Waals surface area contributed by atoms with Gasteiger partial charge in [-0.2, -0.15) is 0 Å². The molecule has 0 bridgehead atoms. The Labute approximate surface area is 92.1 Å². The SMILES string of the molecule is C=CC(=O)NCc1ccc(C)cc1Br. The average Bonchev–Trinajstić information content (AvgIpc) is 2.16. The van der Waals surface area contributed by atoms with Gasteiger partial charge in [-0.05, 0) is 30.2 Å². The zero-order valence-electron chi connectivity index (χ0n) is 8.01. The predicted molar refractivity (Wildman–Crippen MR) is 60.9 cm³/mol. The molecule has 0 unspecified atom stereocenters. The minimum Gasteiger partial charge on any atom is -0.348 e. The van der Waals surface area contributed by atoms with Gasteiger partial charge in [0.1, 0.15) is 0 Å². The summed E-state index contributed by atoms with van der Waals surface area (Å²) >= 11 is 3.44. The first-order valence-electron chi connectivity index (χ1n) is 4.29. The standard InChI is InChI=1S/C11H12BrNO/c1-3-11(14)13-7-9-5-4-8(2)6-10(9)12/h3-6H,1,7H2,2H3,(H,13,14). The molecule has 0 aliphatic heterocycles. The van der Waals surface area contributed by atoms with E-state index >= 15 is 0 Å². The van der Waals surface area contributed by atoms with Crippen molar-refractivity contribution in [2.75, 3.05) is 0 Å². The first-order valence-corrected chi connectivity index (χ1v) is 5.08. The van der Waals surface area contributed by atoms with Crippen molar-refractivity contribution in [1.29, 1.82) is 0 Å². The summed E-state index contributed by atoms with van der Waals surface area (Å²) in [7, 11) is 0. The predicted octanol–water partition coefficient (Wildman–Crippen LogP) is 2.56. The zero-order chi connectivity index (χ0) is 10.6. The summed E-state index contributed by atoms with van der Waals surface area (Å²) in [5.74, 6) is -0.155. The third kappa shape index (κ3) is 3.00. The lowest BCUT2D eigenvalue weighted by atomic mass is 10.1. The van der Waals surface area contributed by atoms with Crippen molar-refractivity contribution in [2.24, 2.45) is 0 Å². The van der Waals surface area contributed by atoms with Gasteiger partial charge in [-0.1, -0.05) is 34.6 Å². The smallest absolute Gasteiger partial charge is 0.243 e. The molecule has 0 spiro atoms. The molecule has 0 aromatic heterocycles. The normalized spacial score (nSPS) is 9.57. The van der Waals surface area contributed by atoms with Crippen LogP contribution in [0.25, 0.3) is 0 Å². The van der Waals surface area contributed by atoms with Crippen LogP contribution in [0, 0.1) is 6.92 Å².